The highest BCUT2D eigenvalue weighted by atomic mass is 16.5. The molecule has 2 aliphatic rings. The first-order chi connectivity index (χ1) is 7.17. The van der Waals surface area contributed by atoms with Crippen LogP contribution in [0.5, 0.6) is 0 Å². The molecular weight excluding hydrogens is 196 g/mol. The van der Waals surface area contributed by atoms with E-state index in [9.17, 15) is 9.59 Å². The van der Waals surface area contributed by atoms with Gasteiger partial charge in [0, 0.05) is 0 Å². The van der Waals surface area contributed by atoms with Crippen LogP contribution in [0.15, 0.2) is 0 Å². The number of carbonyl (C=O) groups is 2. The Bertz CT molecular complexity index is 258. The minimum absolute atomic E-state index is 0.268. The third-order valence-electron chi connectivity index (χ3n) is 3.68. The number of fused-ring (bicyclic) bond motifs is 1. The van der Waals surface area contributed by atoms with E-state index in [1.54, 1.807) is 0 Å². The van der Waals surface area contributed by atoms with E-state index in [0.29, 0.717) is 11.8 Å². The molecule has 2 rings (SSSR count). The van der Waals surface area contributed by atoms with E-state index in [-0.39, 0.29) is 23.8 Å². The first kappa shape index (κ1) is 10.5. The van der Waals surface area contributed by atoms with Crippen molar-refractivity contribution in [3.8, 4) is 0 Å². The molecular formula is C11H16O4. The molecule has 0 aliphatic heterocycles. The normalized spacial score (nSPS) is 37.7. The maximum atomic E-state index is 11.5. The smallest absolute Gasteiger partial charge is 0.309 e. The zero-order valence-electron chi connectivity index (χ0n) is 9.06. The summed E-state index contributed by atoms with van der Waals surface area (Å²) in [6.45, 7) is 0. The molecule has 0 aromatic heterocycles. The Morgan fingerprint density at radius 2 is 1.27 bits per heavy atom. The molecule has 4 nitrogen and oxygen atoms in total. The molecule has 0 spiro atoms. The number of rotatable bonds is 2. The van der Waals surface area contributed by atoms with Gasteiger partial charge in [0.2, 0.25) is 0 Å². The fourth-order valence-electron chi connectivity index (χ4n) is 2.69. The van der Waals surface area contributed by atoms with Crippen molar-refractivity contribution in [3.63, 3.8) is 0 Å². The van der Waals surface area contributed by atoms with Crippen LogP contribution >= 0.6 is 0 Å². The predicted molar refractivity (Wildman–Crippen MR) is 51.8 cm³/mol. The van der Waals surface area contributed by atoms with Crippen molar-refractivity contribution < 1.29 is 19.1 Å². The molecule has 2 fully saturated rings. The molecule has 4 heteroatoms. The molecule has 0 saturated heterocycles. The molecule has 15 heavy (non-hydrogen) atoms. The maximum absolute atomic E-state index is 11.5. The molecule has 84 valence electrons. The van der Waals surface area contributed by atoms with Crippen LogP contribution < -0.4 is 0 Å². The molecule has 0 bridgehead atoms. The maximum Gasteiger partial charge on any atom is 0.309 e. The zero-order chi connectivity index (χ0) is 11.0. The van der Waals surface area contributed by atoms with E-state index in [2.05, 4.69) is 0 Å². The average Bonchev–Trinajstić information content (AvgIpc) is 3.03. The molecule has 4 unspecified atom stereocenters. The van der Waals surface area contributed by atoms with Crippen molar-refractivity contribution in [2.75, 3.05) is 14.2 Å². The molecule has 0 aromatic carbocycles. The van der Waals surface area contributed by atoms with E-state index < -0.39 is 0 Å². The highest BCUT2D eigenvalue weighted by Gasteiger charge is 2.51. The van der Waals surface area contributed by atoms with Crippen LogP contribution in [0.25, 0.3) is 0 Å². The van der Waals surface area contributed by atoms with E-state index in [1.807, 2.05) is 0 Å². The summed E-state index contributed by atoms with van der Waals surface area (Å²) >= 11 is 0. The lowest BCUT2D eigenvalue weighted by Gasteiger charge is -2.26. The van der Waals surface area contributed by atoms with Gasteiger partial charge < -0.3 is 9.47 Å². The Balaban J connectivity index is 2.09. The van der Waals surface area contributed by atoms with Crippen molar-refractivity contribution in [2.45, 2.75) is 19.3 Å². The Morgan fingerprint density at radius 3 is 1.60 bits per heavy atom. The molecule has 0 radical (unpaired) electrons. The monoisotopic (exact) mass is 212 g/mol. The summed E-state index contributed by atoms with van der Waals surface area (Å²) < 4.78 is 9.47. The minimum atomic E-state index is -0.286. The Kier molecular flexibility index (Phi) is 2.67. The third-order valence-corrected chi connectivity index (χ3v) is 3.68. The molecule has 0 amide bonds. The molecule has 2 aliphatic carbocycles. The average molecular weight is 212 g/mol. The van der Waals surface area contributed by atoms with Crippen molar-refractivity contribution >= 4 is 11.9 Å². The van der Waals surface area contributed by atoms with Crippen LogP contribution in [-0.4, -0.2) is 26.2 Å². The predicted octanol–water partition coefficient (Wildman–Crippen LogP) is 0.995. The van der Waals surface area contributed by atoms with Crippen molar-refractivity contribution in [2.24, 2.45) is 23.7 Å². The first-order valence-corrected chi connectivity index (χ1v) is 5.33. The zero-order valence-corrected chi connectivity index (χ0v) is 9.06. The standard InChI is InChI=1S/C11H16O4/c1-14-10(12)8-4-6-3-7(6)5-9(8)11(13)15-2/h6-9H,3-5H2,1-2H3. The van der Waals surface area contributed by atoms with Gasteiger partial charge in [-0.25, -0.2) is 0 Å². The summed E-state index contributed by atoms with van der Waals surface area (Å²) in [4.78, 5) is 23.1. The van der Waals surface area contributed by atoms with Crippen LogP contribution in [0.2, 0.25) is 0 Å². The molecule has 0 N–H and O–H groups in total. The Morgan fingerprint density at radius 1 is 0.867 bits per heavy atom. The largest absolute Gasteiger partial charge is 0.469 e. The van der Waals surface area contributed by atoms with Crippen LogP contribution in [0.4, 0.5) is 0 Å². The quantitative estimate of drug-likeness (QED) is 0.641. The summed E-state index contributed by atoms with van der Waals surface area (Å²) in [6.07, 6.45) is 2.73. The van der Waals surface area contributed by atoms with Gasteiger partial charge in [0.25, 0.3) is 0 Å². The van der Waals surface area contributed by atoms with Gasteiger partial charge in [-0.1, -0.05) is 0 Å². The summed E-state index contributed by atoms with van der Waals surface area (Å²) in [5, 5.41) is 0. The van der Waals surface area contributed by atoms with Gasteiger partial charge in [-0.3, -0.25) is 9.59 Å². The molecule has 2 saturated carbocycles. The number of ether oxygens (including phenoxy) is 2. The summed E-state index contributed by atoms with van der Waals surface area (Å²) in [5.74, 6) is 0.161. The molecule has 0 aromatic rings. The van der Waals surface area contributed by atoms with Crippen LogP contribution in [0, 0.1) is 23.7 Å². The lowest BCUT2D eigenvalue weighted by molar-refractivity contribution is -0.159. The van der Waals surface area contributed by atoms with Crippen molar-refractivity contribution in [3.05, 3.63) is 0 Å². The van der Waals surface area contributed by atoms with E-state index in [4.69, 9.17) is 9.47 Å². The second kappa shape index (κ2) is 3.83. The summed E-state index contributed by atoms with van der Waals surface area (Å²) in [5.41, 5.74) is 0. The second-order valence-electron chi connectivity index (χ2n) is 4.49. The third kappa shape index (κ3) is 1.85. The Labute approximate surface area is 88.9 Å². The highest BCUT2D eigenvalue weighted by molar-refractivity contribution is 5.82. The van der Waals surface area contributed by atoms with E-state index >= 15 is 0 Å². The first-order valence-electron chi connectivity index (χ1n) is 5.33. The van der Waals surface area contributed by atoms with E-state index in [1.165, 1.54) is 14.2 Å². The number of hydrogen-bond acceptors (Lipinski definition) is 4. The topological polar surface area (TPSA) is 52.6 Å². The molecule has 0 heterocycles. The fraction of sp³-hybridized carbons (Fsp3) is 0.818. The SMILES string of the molecule is COC(=O)C1CC2CC2CC1C(=O)OC. The number of hydrogen-bond donors (Lipinski definition) is 0. The van der Waals surface area contributed by atoms with Gasteiger partial charge in [-0.2, -0.15) is 0 Å². The van der Waals surface area contributed by atoms with Crippen LogP contribution in [0.3, 0.4) is 0 Å². The lowest BCUT2D eigenvalue weighted by atomic mass is 9.79. The Hall–Kier alpha value is -1.06. The van der Waals surface area contributed by atoms with Gasteiger partial charge in [0.15, 0.2) is 0 Å². The molecule has 4 atom stereocenters. The fourth-order valence-corrected chi connectivity index (χ4v) is 2.69. The summed E-state index contributed by atoms with van der Waals surface area (Å²) in [6, 6.07) is 0. The van der Waals surface area contributed by atoms with E-state index in [0.717, 1.165) is 19.3 Å². The van der Waals surface area contributed by atoms with Gasteiger partial charge in [-0.15, -0.1) is 0 Å². The van der Waals surface area contributed by atoms with Gasteiger partial charge >= 0.3 is 11.9 Å². The van der Waals surface area contributed by atoms with Gasteiger partial charge in [0.1, 0.15) is 0 Å². The van der Waals surface area contributed by atoms with Crippen LogP contribution in [-0.2, 0) is 19.1 Å². The summed E-state index contributed by atoms with van der Waals surface area (Å²) in [7, 11) is 2.74. The lowest BCUT2D eigenvalue weighted by Crippen LogP contribution is -2.35. The number of methoxy groups -OCH3 is 2. The van der Waals surface area contributed by atoms with Crippen molar-refractivity contribution in [1.82, 2.24) is 0 Å². The highest BCUT2D eigenvalue weighted by Crippen LogP contribution is 2.53. The van der Waals surface area contributed by atoms with Gasteiger partial charge in [0.05, 0.1) is 26.1 Å². The number of esters is 2. The van der Waals surface area contributed by atoms with Gasteiger partial charge in [-0.05, 0) is 31.1 Å². The number of carbonyl (C=O) groups excluding carboxylic acids is 2. The van der Waals surface area contributed by atoms with Crippen LogP contribution in [0.1, 0.15) is 19.3 Å². The van der Waals surface area contributed by atoms with Crippen molar-refractivity contribution in [1.29, 1.82) is 0 Å². The second-order valence-corrected chi connectivity index (χ2v) is 4.49. The minimum Gasteiger partial charge on any atom is -0.469 e.